The van der Waals surface area contributed by atoms with Crippen molar-refractivity contribution in [2.45, 2.75) is 44.2 Å². The lowest BCUT2D eigenvalue weighted by Gasteiger charge is -2.47. The van der Waals surface area contributed by atoms with Crippen LogP contribution in [0.25, 0.3) is 0 Å². The first-order valence-corrected chi connectivity index (χ1v) is 8.29. The maximum Gasteiger partial charge on any atom is 0.407 e. The van der Waals surface area contributed by atoms with Gasteiger partial charge < -0.3 is 15.3 Å². The second-order valence-corrected chi connectivity index (χ2v) is 6.50. The number of allylic oxidation sites excluding steroid dienone is 2. The SMILES string of the molecule is CC1=CC[C@](Nc2ccccc2)([C@@H]2CCCCN2C(=O)O)C=C1. The van der Waals surface area contributed by atoms with Gasteiger partial charge in [0.15, 0.2) is 0 Å². The quantitative estimate of drug-likeness (QED) is 0.876. The highest BCUT2D eigenvalue weighted by atomic mass is 16.4. The van der Waals surface area contributed by atoms with E-state index >= 15 is 0 Å². The van der Waals surface area contributed by atoms with Gasteiger partial charge in [0.1, 0.15) is 0 Å². The molecule has 2 N–H and O–H groups in total. The van der Waals surface area contributed by atoms with E-state index in [1.54, 1.807) is 4.90 Å². The largest absolute Gasteiger partial charge is 0.465 e. The van der Waals surface area contributed by atoms with E-state index < -0.39 is 6.09 Å². The van der Waals surface area contributed by atoms with E-state index in [0.29, 0.717) is 6.54 Å². The summed E-state index contributed by atoms with van der Waals surface area (Å²) in [6, 6.07) is 10.0. The highest BCUT2D eigenvalue weighted by molar-refractivity contribution is 5.66. The zero-order chi connectivity index (χ0) is 16.3. The van der Waals surface area contributed by atoms with Crippen LogP contribution in [0.3, 0.4) is 0 Å². The predicted molar refractivity (Wildman–Crippen MR) is 92.7 cm³/mol. The van der Waals surface area contributed by atoms with E-state index in [4.69, 9.17) is 0 Å². The predicted octanol–water partition coefficient (Wildman–Crippen LogP) is 4.28. The Morgan fingerprint density at radius 1 is 1.30 bits per heavy atom. The van der Waals surface area contributed by atoms with Crippen LogP contribution in [-0.4, -0.2) is 34.2 Å². The minimum atomic E-state index is -0.816. The lowest BCUT2D eigenvalue weighted by Crippen LogP contribution is -2.59. The summed E-state index contributed by atoms with van der Waals surface area (Å²) in [6.07, 6.45) is 9.37. The molecule has 2 aliphatic rings. The number of nitrogens with zero attached hydrogens (tertiary/aromatic N) is 1. The number of rotatable bonds is 3. The molecule has 1 aliphatic carbocycles. The van der Waals surface area contributed by atoms with Gasteiger partial charge in [-0.15, -0.1) is 0 Å². The molecule has 1 aliphatic heterocycles. The lowest BCUT2D eigenvalue weighted by molar-refractivity contribution is 0.0873. The van der Waals surface area contributed by atoms with Crippen molar-refractivity contribution in [3.8, 4) is 0 Å². The van der Waals surface area contributed by atoms with Crippen LogP contribution in [0.2, 0.25) is 0 Å². The van der Waals surface area contributed by atoms with Crippen LogP contribution in [0.5, 0.6) is 0 Å². The van der Waals surface area contributed by atoms with Crippen molar-refractivity contribution in [2.24, 2.45) is 0 Å². The van der Waals surface area contributed by atoms with Gasteiger partial charge in [0.05, 0.1) is 11.6 Å². The average Bonchev–Trinajstić information content (AvgIpc) is 2.58. The van der Waals surface area contributed by atoms with Crippen LogP contribution in [0.1, 0.15) is 32.6 Å². The molecule has 0 bridgehead atoms. The highest BCUT2D eigenvalue weighted by Gasteiger charge is 2.43. The van der Waals surface area contributed by atoms with Gasteiger partial charge in [0.2, 0.25) is 0 Å². The van der Waals surface area contributed by atoms with E-state index in [9.17, 15) is 9.90 Å². The number of benzene rings is 1. The first-order chi connectivity index (χ1) is 11.1. The van der Waals surface area contributed by atoms with Gasteiger partial charge in [-0.1, -0.05) is 42.0 Å². The average molecular weight is 312 g/mol. The number of para-hydroxylation sites is 1. The fraction of sp³-hybridized carbons (Fsp3) is 0.421. The zero-order valence-electron chi connectivity index (χ0n) is 13.5. The Morgan fingerprint density at radius 3 is 2.74 bits per heavy atom. The van der Waals surface area contributed by atoms with Gasteiger partial charge in [-0.05, 0) is 44.7 Å². The van der Waals surface area contributed by atoms with E-state index in [1.807, 2.05) is 30.3 Å². The summed E-state index contributed by atoms with van der Waals surface area (Å²) in [5.74, 6) is 0. The molecule has 0 spiro atoms. The molecule has 1 fully saturated rings. The van der Waals surface area contributed by atoms with Gasteiger partial charge in [0, 0.05) is 12.2 Å². The molecule has 3 rings (SSSR count). The minimum absolute atomic E-state index is 0.0467. The zero-order valence-corrected chi connectivity index (χ0v) is 13.5. The van der Waals surface area contributed by atoms with Gasteiger partial charge in [-0.2, -0.15) is 0 Å². The topological polar surface area (TPSA) is 52.6 Å². The second kappa shape index (κ2) is 6.49. The second-order valence-electron chi connectivity index (χ2n) is 6.50. The molecule has 1 heterocycles. The number of anilines is 1. The van der Waals surface area contributed by atoms with E-state index in [0.717, 1.165) is 31.4 Å². The van der Waals surface area contributed by atoms with Crippen LogP contribution in [0.15, 0.2) is 54.1 Å². The Hall–Kier alpha value is -2.23. The minimum Gasteiger partial charge on any atom is -0.465 e. The number of piperidine rings is 1. The summed E-state index contributed by atoms with van der Waals surface area (Å²) in [5.41, 5.74) is 1.88. The van der Waals surface area contributed by atoms with Crippen LogP contribution in [0, 0.1) is 0 Å². The third-order valence-corrected chi connectivity index (χ3v) is 4.90. The van der Waals surface area contributed by atoms with Crippen LogP contribution in [0.4, 0.5) is 10.5 Å². The number of hydrogen-bond acceptors (Lipinski definition) is 2. The molecule has 0 radical (unpaired) electrons. The van der Waals surface area contributed by atoms with Gasteiger partial charge in [-0.25, -0.2) is 4.79 Å². The molecular weight excluding hydrogens is 288 g/mol. The number of carbonyl (C=O) groups is 1. The third-order valence-electron chi connectivity index (χ3n) is 4.90. The Kier molecular flexibility index (Phi) is 4.42. The molecule has 4 heteroatoms. The van der Waals surface area contributed by atoms with Gasteiger partial charge >= 0.3 is 6.09 Å². The molecule has 1 amide bonds. The number of hydrogen-bond donors (Lipinski definition) is 2. The highest BCUT2D eigenvalue weighted by Crippen LogP contribution is 2.36. The van der Waals surface area contributed by atoms with Crippen molar-refractivity contribution in [3.63, 3.8) is 0 Å². The molecule has 23 heavy (non-hydrogen) atoms. The van der Waals surface area contributed by atoms with Gasteiger partial charge in [0.25, 0.3) is 0 Å². The summed E-state index contributed by atoms with van der Waals surface area (Å²) in [6.45, 7) is 2.70. The Bertz CT molecular complexity index is 624. The van der Waals surface area contributed by atoms with Gasteiger partial charge in [-0.3, -0.25) is 0 Å². The maximum atomic E-state index is 11.7. The molecule has 1 saturated heterocycles. The van der Waals surface area contributed by atoms with E-state index in [2.05, 4.69) is 30.5 Å². The Morgan fingerprint density at radius 2 is 2.09 bits per heavy atom. The summed E-state index contributed by atoms with van der Waals surface area (Å²) >= 11 is 0. The maximum absolute atomic E-state index is 11.7. The van der Waals surface area contributed by atoms with Crippen LogP contribution in [-0.2, 0) is 0 Å². The van der Waals surface area contributed by atoms with Crippen molar-refractivity contribution in [1.29, 1.82) is 0 Å². The fourth-order valence-electron chi connectivity index (χ4n) is 3.66. The first kappa shape index (κ1) is 15.7. The molecule has 2 atom stereocenters. The van der Waals surface area contributed by atoms with Crippen LogP contribution < -0.4 is 5.32 Å². The molecule has 1 aromatic carbocycles. The summed E-state index contributed by atoms with van der Waals surface area (Å²) < 4.78 is 0. The molecule has 0 unspecified atom stereocenters. The van der Waals surface area contributed by atoms with Crippen molar-refractivity contribution in [3.05, 3.63) is 54.1 Å². The van der Waals surface area contributed by atoms with Crippen molar-refractivity contribution in [1.82, 2.24) is 4.90 Å². The monoisotopic (exact) mass is 312 g/mol. The normalized spacial score (nSPS) is 27.4. The number of likely N-dealkylation sites (tertiary alicyclic amines) is 1. The molecule has 122 valence electrons. The molecule has 0 saturated carbocycles. The Balaban J connectivity index is 1.95. The lowest BCUT2D eigenvalue weighted by atomic mass is 9.77. The van der Waals surface area contributed by atoms with Crippen molar-refractivity contribution >= 4 is 11.8 Å². The molecule has 1 aromatic rings. The standard InChI is InChI=1S/C19H24N2O2/c1-15-10-12-19(13-11-15,20-16-7-3-2-4-8-16)17-9-5-6-14-21(17)18(22)23/h2-4,7-8,10-12,17,20H,5-6,9,13-14H2,1H3,(H,22,23)/t17-,19-/m0/s1. The third kappa shape index (κ3) is 3.26. The smallest absolute Gasteiger partial charge is 0.407 e. The first-order valence-electron chi connectivity index (χ1n) is 8.29. The number of carboxylic acid groups (broad SMARTS) is 1. The van der Waals surface area contributed by atoms with E-state index in [1.165, 1.54) is 5.57 Å². The summed E-state index contributed by atoms with van der Waals surface area (Å²) in [7, 11) is 0. The number of amides is 1. The summed E-state index contributed by atoms with van der Waals surface area (Å²) in [4.78, 5) is 13.3. The molecule has 4 nitrogen and oxygen atoms in total. The fourth-order valence-corrected chi connectivity index (χ4v) is 3.66. The Labute approximate surface area is 137 Å². The van der Waals surface area contributed by atoms with Crippen LogP contribution >= 0.6 is 0 Å². The van der Waals surface area contributed by atoms with Crippen molar-refractivity contribution < 1.29 is 9.90 Å². The van der Waals surface area contributed by atoms with Crippen molar-refractivity contribution in [2.75, 3.05) is 11.9 Å². The summed E-state index contributed by atoms with van der Waals surface area (Å²) in [5, 5.41) is 13.3. The number of nitrogens with one attached hydrogen (secondary N) is 1. The van der Waals surface area contributed by atoms with E-state index in [-0.39, 0.29) is 11.6 Å². The molecule has 0 aromatic heterocycles. The molecular formula is C19H24N2O2.